The average molecular weight is 258 g/mol. The predicted octanol–water partition coefficient (Wildman–Crippen LogP) is 2.20. The fourth-order valence-electron chi connectivity index (χ4n) is 2.53. The van der Waals surface area contributed by atoms with Crippen molar-refractivity contribution >= 4 is 11.4 Å². The van der Waals surface area contributed by atoms with Gasteiger partial charge in [0.2, 0.25) is 0 Å². The van der Waals surface area contributed by atoms with Crippen molar-refractivity contribution in [3.05, 3.63) is 52.3 Å². The van der Waals surface area contributed by atoms with Gasteiger partial charge in [-0.25, -0.2) is 4.68 Å². The fraction of sp³-hybridized carbons (Fsp3) is 0.308. The molecule has 0 saturated carbocycles. The quantitative estimate of drug-likeness (QED) is 0.625. The maximum absolute atomic E-state index is 10.7. The van der Waals surface area contributed by atoms with E-state index in [1.165, 1.54) is 23.6 Å². The third-order valence-corrected chi connectivity index (χ3v) is 3.48. The van der Waals surface area contributed by atoms with Gasteiger partial charge in [0.1, 0.15) is 19.1 Å². The molecule has 1 aliphatic rings. The normalized spacial score (nSPS) is 17.5. The second-order valence-electron chi connectivity index (χ2n) is 4.79. The van der Waals surface area contributed by atoms with Gasteiger partial charge in [-0.15, -0.1) is 0 Å². The van der Waals surface area contributed by atoms with Crippen LogP contribution in [0, 0.1) is 10.1 Å². The van der Waals surface area contributed by atoms with Crippen LogP contribution in [0.4, 0.5) is 11.4 Å². The monoisotopic (exact) mass is 258 g/mol. The van der Waals surface area contributed by atoms with Gasteiger partial charge >= 0.3 is 5.69 Å². The first kappa shape index (κ1) is 11.7. The Labute approximate surface area is 110 Å². The average Bonchev–Trinajstić information content (AvgIpc) is 2.96. The zero-order chi connectivity index (χ0) is 13.4. The molecule has 1 aliphatic heterocycles. The summed E-state index contributed by atoms with van der Waals surface area (Å²) in [6, 6.07) is 8.62. The highest BCUT2D eigenvalue weighted by Gasteiger charge is 2.26. The molecule has 6 nitrogen and oxygen atoms in total. The minimum atomic E-state index is -0.426. The van der Waals surface area contributed by atoms with Crippen LogP contribution in [0.5, 0.6) is 0 Å². The highest BCUT2D eigenvalue weighted by atomic mass is 16.6. The molecule has 98 valence electrons. The molecular formula is C13H14N4O2. The van der Waals surface area contributed by atoms with Crippen LogP contribution in [0.25, 0.3) is 0 Å². The van der Waals surface area contributed by atoms with E-state index in [0.29, 0.717) is 12.7 Å². The second-order valence-corrected chi connectivity index (χ2v) is 4.79. The lowest BCUT2D eigenvalue weighted by molar-refractivity contribution is -0.385. The van der Waals surface area contributed by atoms with E-state index in [4.69, 9.17) is 0 Å². The van der Waals surface area contributed by atoms with Gasteiger partial charge < -0.3 is 4.90 Å². The maximum Gasteiger partial charge on any atom is 0.307 e. The topological polar surface area (TPSA) is 64.2 Å². The minimum absolute atomic E-state index is 0.0279. The first-order chi connectivity index (χ1) is 9.15. The summed E-state index contributed by atoms with van der Waals surface area (Å²) >= 11 is 0. The number of nitro groups is 1. The molecule has 0 spiro atoms. The van der Waals surface area contributed by atoms with Crippen molar-refractivity contribution in [2.45, 2.75) is 26.1 Å². The molecule has 0 aliphatic carbocycles. The fourth-order valence-corrected chi connectivity index (χ4v) is 2.53. The number of nitrogens with zero attached hydrogens (tertiary/aromatic N) is 4. The molecule has 0 saturated heterocycles. The summed E-state index contributed by atoms with van der Waals surface area (Å²) in [6.07, 6.45) is 3.75. The molecule has 1 aromatic heterocycles. The number of anilines is 1. The summed E-state index contributed by atoms with van der Waals surface area (Å²) in [6.45, 7) is 2.68. The van der Waals surface area contributed by atoms with E-state index < -0.39 is 4.92 Å². The van der Waals surface area contributed by atoms with E-state index in [1.807, 2.05) is 12.1 Å². The van der Waals surface area contributed by atoms with Crippen molar-refractivity contribution in [1.29, 1.82) is 0 Å². The van der Waals surface area contributed by atoms with Crippen molar-refractivity contribution < 1.29 is 4.92 Å². The number of benzene rings is 1. The van der Waals surface area contributed by atoms with Gasteiger partial charge in [0, 0.05) is 11.7 Å². The second kappa shape index (κ2) is 4.38. The van der Waals surface area contributed by atoms with E-state index in [0.717, 1.165) is 6.42 Å². The first-order valence-corrected chi connectivity index (χ1v) is 6.16. The highest BCUT2D eigenvalue weighted by molar-refractivity contribution is 5.58. The van der Waals surface area contributed by atoms with Crippen LogP contribution >= 0.6 is 0 Å². The molecular weight excluding hydrogens is 244 g/mol. The molecule has 0 amide bonds. The molecule has 0 fully saturated rings. The van der Waals surface area contributed by atoms with Crippen LogP contribution in [0.15, 0.2) is 36.7 Å². The van der Waals surface area contributed by atoms with Crippen molar-refractivity contribution in [1.82, 2.24) is 9.78 Å². The van der Waals surface area contributed by atoms with Gasteiger partial charge in [-0.2, -0.15) is 5.10 Å². The molecule has 1 aromatic carbocycles. The van der Waals surface area contributed by atoms with Crippen molar-refractivity contribution in [2.75, 3.05) is 4.90 Å². The molecule has 19 heavy (non-hydrogen) atoms. The summed E-state index contributed by atoms with van der Waals surface area (Å²) in [5.74, 6) is 0. The van der Waals surface area contributed by atoms with E-state index in [2.05, 4.69) is 29.1 Å². The van der Waals surface area contributed by atoms with Gasteiger partial charge in [-0.05, 0) is 25.0 Å². The zero-order valence-electron chi connectivity index (χ0n) is 10.6. The van der Waals surface area contributed by atoms with Gasteiger partial charge in [0.05, 0.1) is 4.92 Å². The van der Waals surface area contributed by atoms with Crippen molar-refractivity contribution in [3.8, 4) is 0 Å². The molecule has 0 radical (unpaired) electrons. The number of aromatic nitrogens is 2. The molecule has 2 heterocycles. The van der Waals surface area contributed by atoms with Crippen LogP contribution in [-0.4, -0.2) is 20.7 Å². The van der Waals surface area contributed by atoms with Gasteiger partial charge in [0.15, 0.2) is 0 Å². The number of hydrogen-bond acceptors (Lipinski definition) is 4. The lowest BCUT2D eigenvalue weighted by Crippen LogP contribution is -2.31. The predicted molar refractivity (Wildman–Crippen MR) is 71.0 cm³/mol. The number of rotatable bonds is 3. The van der Waals surface area contributed by atoms with Crippen LogP contribution in [0.3, 0.4) is 0 Å². The van der Waals surface area contributed by atoms with Crippen LogP contribution in [0.1, 0.15) is 12.5 Å². The molecule has 6 heteroatoms. The molecule has 1 atom stereocenters. The molecule has 2 aromatic rings. The lowest BCUT2D eigenvalue weighted by atomic mass is 10.1. The van der Waals surface area contributed by atoms with Crippen molar-refractivity contribution in [3.63, 3.8) is 0 Å². The Morgan fingerprint density at radius 1 is 1.47 bits per heavy atom. The number of hydrogen-bond donors (Lipinski definition) is 0. The summed E-state index contributed by atoms with van der Waals surface area (Å²) in [7, 11) is 0. The first-order valence-electron chi connectivity index (χ1n) is 6.16. The summed E-state index contributed by atoms with van der Waals surface area (Å²) in [5, 5.41) is 14.7. The van der Waals surface area contributed by atoms with E-state index in [-0.39, 0.29) is 5.69 Å². The summed E-state index contributed by atoms with van der Waals surface area (Å²) in [5.41, 5.74) is 2.53. The van der Waals surface area contributed by atoms with E-state index >= 15 is 0 Å². The standard InChI is InChI=1S/C13H14N4O2/c1-10-6-11-4-2-3-5-13(11)16(10)9-15-8-12(7-14-15)17(18)19/h2-5,7-8,10H,6,9H2,1H3. The largest absolute Gasteiger partial charge is 0.349 e. The van der Waals surface area contributed by atoms with Crippen molar-refractivity contribution in [2.24, 2.45) is 0 Å². The Bertz CT molecular complexity index is 623. The summed E-state index contributed by atoms with van der Waals surface area (Å²) in [4.78, 5) is 12.4. The Hall–Kier alpha value is -2.37. The van der Waals surface area contributed by atoms with Crippen LogP contribution in [-0.2, 0) is 13.1 Å². The Morgan fingerprint density at radius 2 is 2.26 bits per heavy atom. The Balaban J connectivity index is 1.85. The highest BCUT2D eigenvalue weighted by Crippen LogP contribution is 2.32. The third-order valence-electron chi connectivity index (χ3n) is 3.48. The van der Waals surface area contributed by atoms with Gasteiger partial charge in [0.25, 0.3) is 0 Å². The third kappa shape index (κ3) is 2.05. The summed E-state index contributed by atoms with van der Waals surface area (Å²) < 4.78 is 1.61. The van der Waals surface area contributed by atoms with Crippen LogP contribution in [0.2, 0.25) is 0 Å². The maximum atomic E-state index is 10.7. The lowest BCUT2D eigenvalue weighted by Gasteiger charge is -2.24. The Kier molecular flexibility index (Phi) is 2.70. The zero-order valence-corrected chi connectivity index (χ0v) is 10.6. The minimum Gasteiger partial charge on any atom is -0.349 e. The molecule has 0 bridgehead atoms. The van der Waals surface area contributed by atoms with Crippen LogP contribution < -0.4 is 4.90 Å². The number of fused-ring (bicyclic) bond motifs is 1. The SMILES string of the molecule is CC1Cc2ccccc2N1Cn1cc([N+](=O)[O-])cn1. The van der Waals surface area contributed by atoms with Gasteiger partial charge in [-0.3, -0.25) is 10.1 Å². The van der Waals surface area contributed by atoms with E-state index in [9.17, 15) is 10.1 Å². The molecule has 0 N–H and O–H groups in total. The molecule has 3 rings (SSSR count). The smallest absolute Gasteiger partial charge is 0.307 e. The Morgan fingerprint density at radius 3 is 3.00 bits per heavy atom. The van der Waals surface area contributed by atoms with Gasteiger partial charge in [-0.1, -0.05) is 18.2 Å². The van der Waals surface area contributed by atoms with E-state index in [1.54, 1.807) is 4.68 Å². The molecule has 1 unspecified atom stereocenters. The number of para-hydroxylation sites is 1.